The van der Waals surface area contributed by atoms with Gasteiger partial charge in [-0.2, -0.15) is 0 Å². The minimum atomic E-state index is -0.878. The number of benzene rings is 1. The van der Waals surface area contributed by atoms with E-state index in [4.69, 9.17) is 10.5 Å². The molecule has 0 bridgehead atoms. The number of nitrogens with zero attached hydrogens (tertiary/aromatic N) is 1. The van der Waals surface area contributed by atoms with Crippen LogP contribution in [-0.2, 0) is 11.4 Å². The second-order valence-corrected chi connectivity index (χ2v) is 4.90. The molecule has 3 amide bonds. The van der Waals surface area contributed by atoms with Crippen molar-refractivity contribution in [3.8, 4) is 5.75 Å². The Kier molecular flexibility index (Phi) is 5.51. The van der Waals surface area contributed by atoms with Crippen molar-refractivity contribution in [3.63, 3.8) is 0 Å². The van der Waals surface area contributed by atoms with Crippen LogP contribution in [0.5, 0.6) is 5.75 Å². The molecular weight excluding hydrogens is 296 g/mol. The summed E-state index contributed by atoms with van der Waals surface area (Å²) in [5, 5.41) is 5.00. The van der Waals surface area contributed by atoms with E-state index in [1.54, 1.807) is 37.5 Å². The molecule has 23 heavy (non-hydrogen) atoms. The smallest absolute Gasteiger partial charge is 0.318 e. The summed E-state index contributed by atoms with van der Waals surface area (Å²) in [5.41, 5.74) is 6.57. The fourth-order valence-electron chi connectivity index (χ4n) is 1.87. The third-order valence-corrected chi connectivity index (χ3v) is 2.99. The molecule has 2 aromatic rings. The Labute approximate surface area is 133 Å². The highest BCUT2D eigenvalue weighted by atomic mass is 16.5. The highest BCUT2D eigenvalue weighted by Crippen LogP contribution is 2.19. The van der Waals surface area contributed by atoms with Gasteiger partial charge in [-0.3, -0.25) is 15.1 Å². The van der Waals surface area contributed by atoms with Crippen molar-refractivity contribution in [1.29, 1.82) is 0 Å². The van der Waals surface area contributed by atoms with Crippen molar-refractivity contribution in [1.82, 2.24) is 10.3 Å². The Bertz CT molecular complexity index is 676. The third-order valence-electron chi connectivity index (χ3n) is 2.99. The van der Waals surface area contributed by atoms with Gasteiger partial charge in [-0.15, -0.1) is 0 Å². The number of amides is 3. The average molecular weight is 314 g/mol. The number of hydrogen-bond donors (Lipinski definition) is 3. The molecule has 7 heteroatoms. The van der Waals surface area contributed by atoms with E-state index in [-0.39, 0.29) is 0 Å². The first kappa shape index (κ1) is 16.3. The molecule has 0 saturated heterocycles. The van der Waals surface area contributed by atoms with Crippen molar-refractivity contribution in [2.24, 2.45) is 5.73 Å². The largest absolute Gasteiger partial charge is 0.489 e. The van der Waals surface area contributed by atoms with E-state index in [0.717, 1.165) is 5.56 Å². The van der Waals surface area contributed by atoms with Crippen molar-refractivity contribution in [2.45, 2.75) is 19.6 Å². The van der Waals surface area contributed by atoms with E-state index in [9.17, 15) is 9.59 Å². The number of urea groups is 1. The number of rotatable bonds is 6. The topological polar surface area (TPSA) is 106 Å². The molecule has 4 N–H and O–H groups in total. The van der Waals surface area contributed by atoms with E-state index < -0.39 is 18.0 Å². The standard InChI is InChI=1S/C16H18N4O3/c1-11(15(21)20-16(17)22)19-13-5-2-6-14(8-13)23-10-12-4-3-7-18-9-12/h2-9,11,19H,10H2,1H3,(H3,17,20,21,22). The summed E-state index contributed by atoms with van der Waals surface area (Å²) in [6.07, 6.45) is 3.44. The van der Waals surface area contributed by atoms with Crippen LogP contribution in [0.4, 0.5) is 10.5 Å². The van der Waals surface area contributed by atoms with Crippen LogP contribution in [0.1, 0.15) is 12.5 Å². The number of aromatic nitrogens is 1. The lowest BCUT2D eigenvalue weighted by molar-refractivity contribution is -0.120. The molecule has 1 aromatic carbocycles. The molecule has 0 aliphatic rings. The van der Waals surface area contributed by atoms with Crippen LogP contribution in [0.25, 0.3) is 0 Å². The fourth-order valence-corrected chi connectivity index (χ4v) is 1.87. The van der Waals surface area contributed by atoms with Gasteiger partial charge < -0.3 is 15.8 Å². The summed E-state index contributed by atoms with van der Waals surface area (Å²) in [5.74, 6) is 0.153. The molecule has 0 aliphatic carbocycles. The molecule has 120 valence electrons. The van der Waals surface area contributed by atoms with Gasteiger partial charge in [-0.05, 0) is 25.1 Å². The number of carbonyl (C=O) groups is 2. The minimum Gasteiger partial charge on any atom is -0.489 e. The van der Waals surface area contributed by atoms with Crippen LogP contribution in [-0.4, -0.2) is 23.0 Å². The predicted molar refractivity (Wildman–Crippen MR) is 85.8 cm³/mol. The van der Waals surface area contributed by atoms with Crippen molar-refractivity contribution < 1.29 is 14.3 Å². The first-order chi connectivity index (χ1) is 11.0. The van der Waals surface area contributed by atoms with Crippen LogP contribution in [0, 0.1) is 0 Å². The second-order valence-electron chi connectivity index (χ2n) is 4.90. The van der Waals surface area contributed by atoms with E-state index in [1.165, 1.54) is 0 Å². The van der Waals surface area contributed by atoms with Crippen molar-refractivity contribution in [2.75, 3.05) is 5.32 Å². The highest BCUT2D eigenvalue weighted by molar-refractivity contribution is 5.97. The van der Waals surface area contributed by atoms with Gasteiger partial charge in [0.05, 0.1) is 0 Å². The lowest BCUT2D eigenvalue weighted by Gasteiger charge is -2.15. The number of carbonyl (C=O) groups excluding carboxylic acids is 2. The van der Waals surface area contributed by atoms with Crippen LogP contribution < -0.4 is 21.1 Å². The highest BCUT2D eigenvalue weighted by Gasteiger charge is 2.14. The Morgan fingerprint density at radius 2 is 2.13 bits per heavy atom. The van der Waals surface area contributed by atoms with Gasteiger partial charge in [0, 0.05) is 29.7 Å². The van der Waals surface area contributed by atoms with Gasteiger partial charge >= 0.3 is 6.03 Å². The Hall–Kier alpha value is -3.09. The maximum atomic E-state index is 11.6. The van der Waals surface area contributed by atoms with Crippen LogP contribution >= 0.6 is 0 Å². The van der Waals surface area contributed by atoms with Gasteiger partial charge in [0.1, 0.15) is 18.4 Å². The number of primary amides is 1. The lowest BCUT2D eigenvalue weighted by atomic mass is 10.2. The van der Waals surface area contributed by atoms with Crippen LogP contribution in [0.3, 0.4) is 0 Å². The summed E-state index contributed by atoms with van der Waals surface area (Å²) in [6, 6.07) is 9.46. The summed E-state index contributed by atoms with van der Waals surface area (Å²) >= 11 is 0. The van der Waals surface area contributed by atoms with Gasteiger partial charge in [0.25, 0.3) is 0 Å². The molecule has 0 radical (unpaired) electrons. The molecule has 0 aliphatic heterocycles. The van der Waals surface area contributed by atoms with E-state index in [2.05, 4.69) is 10.3 Å². The molecule has 0 fully saturated rings. The molecule has 1 atom stereocenters. The van der Waals surface area contributed by atoms with E-state index in [1.807, 2.05) is 23.5 Å². The molecule has 0 saturated carbocycles. The number of ether oxygens (including phenoxy) is 1. The number of hydrogen-bond acceptors (Lipinski definition) is 5. The van der Waals surface area contributed by atoms with Crippen molar-refractivity contribution in [3.05, 3.63) is 54.4 Å². The van der Waals surface area contributed by atoms with E-state index in [0.29, 0.717) is 18.0 Å². The normalized spacial score (nSPS) is 11.3. The van der Waals surface area contributed by atoms with Crippen LogP contribution in [0.2, 0.25) is 0 Å². The monoisotopic (exact) mass is 314 g/mol. The lowest BCUT2D eigenvalue weighted by Crippen LogP contribution is -2.43. The molecule has 2 rings (SSSR count). The molecule has 1 unspecified atom stereocenters. The summed E-state index contributed by atoms with van der Waals surface area (Å²) in [4.78, 5) is 26.3. The Morgan fingerprint density at radius 3 is 2.83 bits per heavy atom. The molecule has 1 aromatic heterocycles. The first-order valence-corrected chi connectivity index (χ1v) is 7.03. The van der Waals surface area contributed by atoms with E-state index >= 15 is 0 Å². The van der Waals surface area contributed by atoms with Crippen molar-refractivity contribution >= 4 is 17.6 Å². The maximum Gasteiger partial charge on any atom is 0.318 e. The fraction of sp³-hybridized carbons (Fsp3) is 0.188. The summed E-state index contributed by atoms with van der Waals surface area (Å²) in [6.45, 7) is 2.02. The Morgan fingerprint density at radius 1 is 1.30 bits per heavy atom. The zero-order valence-corrected chi connectivity index (χ0v) is 12.7. The first-order valence-electron chi connectivity index (χ1n) is 7.03. The minimum absolute atomic E-state index is 0.398. The number of anilines is 1. The quantitative estimate of drug-likeness (QED) is 0.751. The zero-order valence-electron chi connectivity index (χ0n) is 12.7. The van der Waals surface area contributed by atoms with Gasteiger partial charge in [0.2, 0.25) is 5.91 Å². The number of nitrogens with one attached hydrogen (secondary N) is 2. The number of nitrogens with two attached hydrogens (primary N) is 1. The average Bonchev–Trinajstić information content (AvgIpc) is 2.53. The zero-order chi connectivity index (χ0) is 16.7. The SMILES string of the molecule is CC(Nc1cccc(OCc2cccnc2)c1)C(=O)NC(N)=O. The number of imide groups is 1. The molecule has 0 spiro atoms. The summed E-state index contributed by atoms with van der Waals surface area (Å²) < 4.78 is 5.68. The van der Waals surface area contributed by atoms with Gasteiger partial charge in [0.15, 0.2) is 0 Å². The molecular formula is C16H18N4O3. The second kappa shape index (κ2) is 7.79. The number of pyridine rings is 1. The third kappa shape index (κ3) is 5.31. The summed E-state index contributed by atoms with van der Waals surface area (Å²) in [7, 11) is 0. The van der Waals surface area contributed by atoms with Gasteiger partial charge in [-0.25, -0.2) is 4.79 Å². The predicted octanol–water partition coefficient (Wildman–Crippen LogP) is 1.66. The molecule has 1 heterocycles. The Balaban J connectivity index is 1.94. The van der Waals surface area contributed by atoms with Crippen LogP contribution in [0.15, 0.2) is 48.8 Å². The van der Waals surface area contributed by atoms with Gasteiger partial charge in [-0.1, -0.05) is 12.1 Å². The maximum absolute atomic E-state index is 11.6. The molecule has 7 nitrogen and oxygen atoms in total.